The molecule has 0 radical (unpaired) electrons. The molecule has 2 aromatic carbocycles. The van der Waals surface area contributed by atoms with Gasteiger partial charge in [0.15, 0.2) is 16.4 Å². The smallest absolute Gasteiger partial charge is 0.184 e. The molecule has 0 unspecified atom stereocenters. The second-order valence-corrected chi connectivity index (χ2v) is 4.97. The summed E-state index contributed by atoms with van der Waals surface area (Å²) < 4.78 is 34.7. The van der Waals surface area contributed by atoms with Gasteiger partial charge in [-0.25, -0.2) is 8.78 Å². The van der Waals surface area contributed by atoms with Crippen LogP contribution in [0.15, 0.2) is 36.4 Å². The summed E-state index contributed by atoms with van der Waals surface area (Å²) in [6.07, 6.45) is 0. The molecule has 0 saturated carbocycles. The number of aromatic nitrogens is 2. The standard InChI is InChI=1S/C15H12F2N2OS/c1-20-12-5-3-2-4-9(12)8-19-14-11(18-15(19)21)7-6-10(16)13(14)17/h2-7H,8H2,1H3,(H,18,21). The molecule has 1 aromatic heterocycles. The van der Waals surface area contributed by atoms with Crippen LogP contribution in [-0.2, 0) is 6.54 Å². The second-order valence-electron chi connectivity index (χ2n) is 4.59. The van der Waals surface area contributed by atoms with Crippen LogP contribution in [0.2, 0.25) is 0 Å². The number of methoxy groups -OCH3 is 1. The Morgan fingerprint density at radius 2 is 1.95 bits per heavy atom. The third kappa shape index (κ3) is 2.31. The van der Waals surface area contributed by atoms with Gasteiger partial charge in [0.1, 0.15) is 11.3 Å². The molecule has 0 atom stereocenters. The fourth-order valence-corrected chi connectivity index (χ4v) is 2.61. The number of H-pyrrole nitrogens is 1. The van der Waals surface area contributed by atoms with Gasteiger partial charge in [-0.1, -0.05) is 18.2 Å². The average molecular weight is 306 g/mol. The van der Waals surface area contributed by atoms with E-state index in [9.17, 15) is 8.78 Å². The fourth-order valence-electron chi connectivity index (χ4n) is 2.34. The third-order valence-corrected chi connectivity index (χ3v) is 3.67. The number of aromatic amines is 1. The number of rotatable bonds is 3. The molecule has 3 aromatic rings. The zero-order chi connectivity index (χ0) is 15.0. The van der Waals surface area contributed by atoms with Crippen LogP contribution < -0.4 is 4.74 Å². The van der Waals surface area contributed by atoms with E-state index in [0.29, 0.717) is 22.6 Å². The summed E-state index contributed by atoms with van der Waals surface area (Å²) in [7, 11) is 1.56. The number of benzene rings is 2. The highest BCUT2D eigenvalue weighted by molar-refractivity contribution is 7.71. The van der Waals surface area contributed by atoms with Crippen molar-refractivity contribution in [1.29, 1.82) is 0 Å². The summed E-state index contributed by atoms with van der Waals surface area (Å²) in [5, 5.41) is 0. The van der Waals surface area contributed by atoms with Crippen molar-refractivity contribution in [2.24, 2.45) is 0 Å². The lowest BCUT2D eigenvalue weighted by Gasteiger charge is -2.10. The monoisotopic (exact) mass is 306 g/mol. The van der Waals surface area contributed by atoms with Gasteiger partial charge in [-0.3, -0.25) is 0 Å². The second kappa shape index (κ2) is 5.29. The molecular weight excluding hydrogens is 294 g/mol. The van der Waals surface area contributed by atoms with Crippen molar-refractivity contribution in [3.63, 3.8) is 0 Å². The van der Waals surface area contributed by atoms with Crippen LogP contribution in [0, 0.1) is 16.4 Å². The van der Waals surface area contributed by atoms with Gasteiger partial charge in [-0.05, 0) is 30.4 Å². The summed E-state index contributed by atoms with van der Waals surface area (Å²) in [6.45, 7) is 0.295. The highest BCUT2D eigenvalue weighted by Gasteiger charge is 2.15. The van der Waals surface area contributed by atoms with Crippen molar-refractivity contribution in [2.75, 3.05) is 7.11 Å². The van der Waals surface area contributed by atoms with Crippen molar-refractivity contribution in [3.8, 4) is 5.75 Å². The molecule has 0 aliphatic carbocycles. The van der Waals surface area contributed by atoms with E-state index in [1.807, 2.05) is 24.3 Å². The molecule has 3 nitrogen and oxygen atoms in total. The van der Waals surface area contributed by atoms with Gasteiger partial charge in [0, 0.05) is 5.56 Å². The number of halogens is 2. The maximum absolute atomic E-state index is 14.1. The SMILES string of the molecule is COc1ccccc1Cn1c(=S)[nH]c2ccc(F)c(F)c21. The topological polar surface area (TPSA) is 29.9 Å². The molecule has 6 heteroatoms. The van der Waals surface area contributed by atoms with E-state index in [0.717, 1.165) is 11.6 Å². The van der Waals surface area contributed by atoms with Crippen LogP contribution in [0.4, 0.5) is 8.78 Å². The normalized spacial score (nSPS) is 11.0. The van der Waals surface area contributed by atoms with Crippen molar-refractivity contribution < 1.29 is 13.5 Å². The lowest BCUT2D eigenvalue weighted by molar-refractivity contribution is 0.408. The van der Waals surface area contributed by atoms with Crippen molar-refractivity contribution in [3.05, 3.63) is 58.4 Å². The number of hydrogen-bond donors (Lipinski definition) is 1. The van der Waals surface area contributed by atoms with Gasteiger partial charge in [0.05, 0.1) is 19.2 Å². The van der Waals surface area contributed by atoms with E-state index in [-0.39, 0.29) is 5.52 Å². The first-order chi connectivity index (χ1) is 10.1. The van der Waals surface area contributed by atoms with Gasteiger partial charge in [-0.2, -0.15) is 0 Å². The summed E-state index contributed by atoms with van der Waals surface area (Å²) in [5.41, 5.74) is 1.43. The summed E-state index contributed by atoms with van der Waals surface area (Å²) in [6, 6.07) is 9.92. The molecule has 1 heterocycles. The molecule has 0 aliphatic rings. The van der Waals surface area contributed by atoms with E-state index in [1.165, 1.54) is 10.6 Å². The minimum Gasteiger partial charge on any atom is -0.496 e. The van der Waals surface area contributed by atoms with Crippen LogP contribution in [0.25, 0.3) is 11.0 Å². The number of fused-ring (bicyclic) bond motifs is 1. The molecule has 0 saturated heterocycles. The van der Waals surface area contributed by atoms with Crippen LogP contribution in [0.1, 0.15) is 5.56 Å². The average Bonchev–Trinajstić information content (AvgIpc) is 2.80. The van der Waals surface area contributed by atoms with Crippen LogP contribution in [0.3, 0.4) is 0 Å². The number of ether oxygens (including phenoxy) is 1. The summed E-state index contributed by atoms with van der Waals surface area (Å²) >= 11 is 5.21. The first kappa shape index (κ1) is 13.8. The Balaban J connectivity index is 2.19. The predicted molar refractivity (Wildman–Crippen MR) is 79.1 cm³/mol. The minimum atomic E-state index is -0.908. The lowest BCUT2D eigenvalue weighted by atomic mass is 10.2. The number of imidazole rings is 1. The largest absolute Gasteiger partial charge is 0.496 e. The Labute approximate surface area is 124 Å². The molecule has 108 valence electrons. The number of nitrogens with one attached hydrogen (secondary N) is 1. The molecule has 0 amide bonds. The van der Waals surface area contributed by atoms with E-state index < -0.39 is 11.6 Å². The zero-order valence-electron chi connectivity index (χ0n) is 11.2. The molecule has 0 spiro atoms. The quantitative estimate of drug-likeness (QED) is 0.740. The van der Waals surface area contributed by atoms with E-state index in [1.54, 1.807) is 7.11 Å². The van der Waals surface area contributed by atoms with E-state index >= 15 is 0 Å². The van der Waals surface area contributed by atoms with Crippen LogP contribution >= 0.6 is 12.2 Å². The fraction of sp³-hybridized carbons (Fsp3) is 0.133. The van der Waals surface area contributed by atoms with E-state index in [2.05, 4.69) is 4.98 Å². The van der Waals surface area contributed by atoms with Gasteiger partial charge in [0.2, 0.25) is 0 Å². The number of para-hydroxylation sites is 1. The molecule has 0 fully saturated rings. The summed E-state index contributed by atoms with van der Waals surface area (Å²) in [4.78, 5) is 2.88. The molecular formula is C15H12F2N2OS. The Morgan fingerprint density at radius 1 is 1.19 bits per heavy atom. The van der Waals surface area contributed by atoms with Crippen LogP contribution in [0.5, 0.6) is 5.75 Å². The third-order valence-electron chi connectivity index (χ3n) is 3.35. The maximum Gasteiger partial charge on any atom is 0.184 e. The lowest BCUT2D eigenvalue weighted by Crippen LogP contribution is -2.03. The molecule has 1 N–H and O–H groups in total. The first-order valence-electron chi connectivity index (χ1n) is 6.30. The van der Waals surface area contributed by atoms with Crippen molar-refractivity contribution in [1.82, 2.24) is 9.55 Å². The van der Waals surface area contributed by atoms with E-state index in [4.69, 9.17) is 17.0 Å². The first-order valence-corrected chi connectivity index (χ1v) is 6.71. The minimum absolute atomic E-state index is 0.130. The Hall–Kier alpha value is -2.21. The Bertz CT molecular complexity index is 870. The molecule has 0 bridgehead atoms. The van der Waals surface area contributed by atoms with Crippen LogP contribution in [-0.4, -0.2) is 16.7 Å². The van der Waals surface area contributed by atoms with Gasteiger partial charge >= 0.3 is 0 Å². The van der Waals surface area contributed by atoms with Gasteiger partial charge in [-0.15, -0.1) is 0 Å². The van der Waals surface area contributed by atoms with Crippen molar-refractivity contribution >= 4 is 23.3 Å². The molecule has 0 aliphatic heterocycles. The Morgan fingerprint density at radius 3 is 2.71 bits per heavy atom. The molecule has 21 heavy (non-hydrogen) atoms. The highest BCUT2D eigenvalue weighted by Crippen LogP contribution is 2.24. The number of nitrogens with zero attached hydrogens (tertiary/aromatic N) is 1. The van der Waals surface area contributed by atoms with Gasteiger partial charge < -0.3 is 14.3 Å². The summed E-state index contributed by atoms with van der Waals surface area (Å²) in [5.74, 6) is -1.13. The van der Waals surface area contributed by atoms with Crippen molar-refractivity contribution in [2.45, 2.75) is 6.54 Å². The molecule has 3 rings (SSSR count). The zero-order valence-corrected chi connectivity index (χ0v) is 12.0. The maximum atomic E-state index is 14.1. The Kier molecular flexibility index (Phi) is 3.47. The highest BCUT2D eigenvalue weighted by atomic mass is 32.1. The number of hydrogen-bond acceptors (Lipinski definition) is 2. The van der Waals surface area contributed by atoms with Gasteiger partial charge in [0.25, 0.3) is 0 Å². The predicted octanol–water partition coefficient (Wildman–Crippen LogP) is 4.03.